The van der Waals surface area contributed by atoms with E-state index in [0.717, 1.165) is 61.1 Å². The average molecular weight is 473 g/mol. The first kappa shape index (κ1) is 19.6. The Morgan fingerprint density at radius 2 is 1.94 bits per heavy atom. The molecule has 8 rings (SSSR count). The number of aliphatic hydroxyl groups excluding tert-OH is 1. The smallest absolute Gasteiger partial charge is 0.227 e. The number of hydrogen-bond acceptors (Lipinski definition) is 8. The van der Waals surface area contributed by atoms with E-state index in [0.29, 0.717) is 34.5 Å². The Bertz CT molecular complexity index is 1110. The Hall–Kier alpha value is -1.84. The zero-order valence-electron chi connectivity index (χ0n) is 17.6. The van der Waals surface area contributed by atoms with Crippen LogP contribution in [-0.2, 0) is 10.8 Å². The molecule has 3 saturated carbocycles. The standard InChI is InChI=1S/C22H25ClN6O2S/c23-13-6-24-19(25-7-13)16-11-4-12(16)9-29(8-11)21-26-17-14-5-15(14)32(31)18(17)20(27-21)28-22(10-30)2-1-3-22/h6-7,11-12,14-16,30H,1-5,8-10H2,(H,26,27,28). The molecule has 5 heterocycles. The highest BCUT2D eigenvalue weighted by atomic mass is 35.5. The monoisotopic (exact) mass is 472 g/mol. The SMILES string of the molecule is O=S1c2c(NC3(CO)CCC3)nc(N3CC4CC(C3)C4c3ncc(Cl)cn3)nc2C2CC21. The fraction of sp³-hybridized carbons (Fsp3) is 0.636. The van der Waals surface area contributed by atoms with Gasteiger partial charge in [-0.15, -0.1) is 0 Å². The summed E-state index contributed by atoms with van der Waals surface area (Å²) in [6.07, 6.45) is 8.41. The molecule has 2 saturated heterocycles. The van der Waals surface area contributed by atoms with Crippen molar-refractivity contribution in [1.29, 1.82) is 0 Å². The minimum Gasteiger partial charge on any atom is -0.394 e. The molecule has 10 heteroatoms. The number of halogens is 1. The predicted octanol–water partition coefficient (Wildman–Crippen LogP) is 2.46. The highest BCUT2D eigenvalue weighted by molar-refractivity contribution is 7.86. The number of anilines is 2. The lowest BCUT2D eigenvalue weighted by Gasteiger charge is -2.52. The largest absolute Gasteiger partial charge is 0.394 e. The van der Waals surface area contributed by atoms with Crippen LogP contribution in [0.15, 0.2) is 17.3 Å². The van der Waals surface area contributed by atoms with Gasteiger partial charge in [-0.3, -0.25) is 4.21 Å². The normalized spacial score (nSPS) is 35.4. The minimum atomic E-state index is -1.05. The quantitative estimate of drug-likeness (QED) is 0.683. The van der Waals surface area contributed by atoms with E-state index in [1.807, 2.05) is 0 Å². The van der Waals surface area contributed by atoms with E-state index >= 15 is 0 Å². The molecule has 2 bridgehead atoms. The third kappa shape index (κ3) is 2.80. The van der Waals surface area contributed by atoms with Gasteiger partial charge in [0.15, 0.2) is 0 Å². The van der Waals surface area contributed by atoms with Crippen LogP contribution in [0.1, 0.15) is 55.5 Å². The molecule has 3 aliphatic heterocycles. The van der Waals surface area contributed by atoms with E-state index in [4.69, 9.17) is 21.6 Å². The summed E-state index contributed by atoms with van der Waals surface area (Å²) < 4.78 is 13.0. The van der Waals surface area contributed by atoms with Gasteiger partial charge >= 0.3 is 0 Å². The second kappa shape index (κ2) is 6.84. The maximum absolute atomic E-state index is 13.0. The molecule has 0 aromatic carbocycles. The van der Waals surface area contributed by atoms with Gasteiger partial charge in [-0.25, -0.2) is 15.0 Å². The number of rotatable bonds is 5. The Kier molecular flexibility index (Phi) is 4.19. The second-order valence-electron chi connectivity index (χ2n) is 10.1. The molecule has 6 aliphatic rings. The van der Waals surface area contributed by atoms with Crippen molar-refractivity contribution in [2.75, 3.05) is 29.9 Å². The topological polar surface area (TPSA) is 104 Å². The van der Waals surface area contributed by atoms with Crippen molar-refractivity contribution in [1.82, 2.24) is 19.9 Å². The van der Waals surface area contributed by atoms with Gasteiger partial charge in [0, 0.05) is 42.6 Å². The first-order valence-corrected chi connectivity index (χ1v) is 13.1. The zero-order valence-corrected chi connectivity index (χ0v) is 19.1. The Balaban J connectivity index is 1.19. The van der Waals surface area contributed by atoms with Crippen LogP contribution >= 0.6 is 11.6 Å². The van der Waals surface area contributed by atoms with Crippen LogP contribution in [0, 0.1) is 11.8 Å². The van der Waals surface area contributed by atoms with Gasteiger partial charge in [0.1, 0.15) is 16.5 Å². The van der Waals surface area contributed by atoms with Crippen molar-refractivity contribution >= 4 is 34.2 Å². The Labute approximate surface area is 193 Å². The molecule has 2 aromatic heterocycles. The molecule has 0 radical (unpaired) electrons. The van der Waals surface area contributed by atoms with Crippen molar-refractivity contribution in [3.8, 4) is 0 Å². The van der Waals surface area contributed by atoms with E-state index in [1.165, 1.54) is 6.42 Å². The lowest BCUT2D eigenvalue weighted by atomic mass is 9.61. The molecular formula is C22H25ClN6O2S. The van der Waals surface area contributed by atoms with Crippen LogP contribution in [0.5, 0.6) is 0 Å². The summed E-state index contributed by atoms with van der Waals surface area (Å²) in [5.74, 6) is 3.91. The maximum Gasteiger partial charge on any atom is 0.227 e. The van der Waals surface area contributed by atoms with Gasteiger partial charge < -0.3 is 15.3 Å². The summed E-state index contributed by atoms with van der Waals surface area (Å²) in [5.41, 5.74) is 0.627. The van der Waals surface area contributed by atoms with Gasteiger partial charge in [-0.05, 0) is 43.9 Å². The lowest BCUT2D eigenvalue weighted by Crippen LogP contribution is -2.55. The van der Waals surface area contributed by atoms with Crippen molar-refractivity contribution in [3.63, 3.8) is 0 Å². The van der Waals surface area contributed by atoms with Gasteiger partial charge in [0.25, 0.3) is 0 Å². The van der Waals surface area contributed by atoms with E-state index in [9.17, 15) is 9.32 Å². The number of fused-ring (bicyclic) bond motifs is 5. The number of aliphatic hydroxyl groups is 1. The van der Waals surface area contributed by atoms with Gasteiger partial charge in [-0.1, -0.05) is 11.6 Å². The van der Waals surface area contributed by atoms with E-state index < -0.39 is 10.8 Å². The van der Waals surface area contributed by atoms with Crippen LogP contribution in [0.25, 0.3) is 0 Å². The van der Waals surface area contributed by atoms with Crippen molar-refractivity contribution in [3.05, 3.63) is 28.9 Å². The number of nitrogens with zero attached hydrogens (tertiary/aromatic N) is 5. The summed E-state index contributed by atoms with van der Waals surface area (Å²) in [5, 5.41) is 14.2. The predicted molar refractivity (Wildman–Crippen MR) is 120 cm³/mol. The highest BCUT2D eigenvalue weighted by Gasteiger charge is 2.55. The summed E-state index contributed by atoms with van der Waals surface area (Å²) in [4.78, 5) is 21.9. The molecule has 2 N–H and O–H groups in total. The molecule has 3 aliphatic carbocycles. The third-order valence-corrected chi connectivity index (χ3v) is 10.3. The summed E-state index contributed by atoms with van der Waals surface area (Å²) in [7, 11) is -1.05. The molecule has 0 amide bonds. The van der Waals surface area contributed by atoms with E-state index in [-0.39, 0.29) is 17.4 Å². The zero-order chi connectivity index (χ0) is 21.6. The van der Waals surface area contributed by atoms with Crippen LogP contribution in [-0.4, -0.2) is 59.7 Å². The van der Waals surface area contributed by atoms with Gasteiger partial charge in [0.05, 0.1) is 33.7 Å². The summed E-state index contributed by atoms with van der Waals surface area (Å²) in [6, 6.07) is 0. The molecule has 8 nitrogen and oxygen atoms in total. The molecule has 168 valence electrons. The van der Waals surface area contributed by atoms with Gasteiger partial charge in [0.2, 0.25) is 5.95 Å². The number of hydrogen-bond donors (Lipinski definition) is 2. The molecular weight excluding hydrogens is 448 g/mol. The van der Waals surface area contributed by atoms with E-state index in [1.54, 1.807) is 12.4 Å². The third-order valence-electron chi connectivity index (χ3n) is 8.19. The summed E-state index contributed by atoms with van der Waals surface area (Å²) in [6.45, 7) is 1.80. The molecule has 2 aromatic rings. The molecule has 5 atom stereocenters. The van der Waals surface area contributed by atoms with Crippen molar-refractivity contribution < 1.29 is 9.32 Å². The second-order valence-corrected chi connectivity index (χ2v) is 12.2. The number of aromatic nitrogens is 4. The van der Waals surface area contributed by atoms with Gasteiger partial charge in [-0.2, -0.15) is 4.98 Å². The lowest BCUT2D eigenvalue weighted by molar-refractivity contribution is 0.104. The minimum absolute atomic E-state index is 0.0667. The first-order valence-electron chi connectivity index (χ1n) is 11.5. The number of piperidine rings is 2. The van der Waals surface area contributed by atoms with Crippen LogP contribution in [0.3, 0.4) is 0 Å². The molecule has 32 heavy (non-hydrogen) atoms. The summed E-state index contributed by atoms with van der Waals surface area (Å²) >= 11 is 5.97. The van der Waals surface area contributed by atoms with Crippen molar-refractivity contribution in [2.45, 2.75) is 59.6 Å². The van der Waals surface area contributed by atoms with Crippen LogP contribution in [0.2, 0.25) is 5.02 Å². The average Bonchev–Trinajstić information content (AvgIpc) is 3.52. The van der Waals surface area contributed by atoms with Crippen LogP contribution in [0.4, 0.5) is 11.8 Å². The van der Waals surface area contributed by atoms with Crippen LogP contribution < -0.4 is 10.2 Å². The molecule has 5 unspecified atom stereocenters. The van der Waals surface area contributed by atoms with E-state index in [2.05, 4.69) is 20.2 Å². The number of nitrogens with one attached hydrogen (secondary N) is 1. The first-order chi connectivity index (χ1) is 15.5. The molecule has 5 fully saturated rings. The highest BCUT2D eigenvalue weighted by Crippen LogP contribution is 2.57. The fourth-order valence-electron chi connectivity index (χ4n) is 6.12. The van der Waals surface area contributed by atoms with Crippen molar-refractivity contribution in [2.24, 2.45) is 11.8 Å². The molecule has 0 spiro atoms. The maximum atomic E-state index is 13.0. The fourth-order valence-corrected chi connectivity index (χ4v) is 8.02. The Morgan fingerprint density at radius 1 is 1.19 bits per heavy atom. The Morgan fingerprint density at radius 3 is 2.59 bits per heavy atom.